The summed E-state index contributed by atoms with van der Waals surface area (Å²) in [5.74, 6) is -0.0190. The molecular formula is C17H17N3O. The molecule has 0 fully saturated rings. The van der Waals surface area contributed by atoms with Crippen molar-refractivity contribution >= 4 is 16.9 Å². The van der Waals surface area contributed by atoms with Crippen molar-refractivity contribution in [2.45, 2.75) is 19.5 Å². The van der Waals surface area contributed by atoms with E-state index in [-0.39, 0.29) is 18.5 Å². The highest BCUT2D eigenvalue weighted by molar-refractivity contribution is 5.80. The van der Waals surface area contributed by atoms with Gasteiger partial charge in [-0.2, -0.15) is 0 Å². The maximum Gasteiger partial charge on any atom is 0.240 e. The van der Waals surface area contributed by atoms with E-state index in [2.05, 4.69) is 10.3 Å². The highest BCUT2D eigenvalue weighted by atomic mass is 16.2. The van der Waals surface area contributed by atoms with E-state index in [4.69, 9.17) is 0 Å². The fourth-order valence-electron chi connectivity index (χ4n) is 2.40. The lowest BCUT2D eigenvalue weighted by molar-refractivity contribution is -0.122. The van der Waals surface area contributed by atoms with Crippen molar-refractivity contribution in [2.24, 2.45) is 0 Å². The van der Waals surface area contributed by atoms with E-state index in [9.17, 15) is 4.79 Å². The van der Waals surface area contributed by atoms with Crippen LogP contribution in [0.1, 0.15) is 18.5 Å². The molecule has 4 nitrogen and oxygen atoms in total. The molecule has 21 heavy (non-hydrogen) atoms. The number of nitrogens with zero attached hydrogens (tertiary/aromatic N) is 2. The summed E-state index contributed by atoms with van der Waals surface area (Å²) < 4.78 is 1.86. The van der Waals surface area contributed by atoms with E-state index in [1.165, 1.54) is 0 Å². The van der Waals surface area contributed by atoms with Crippen molar-refractivity contribution in [1.29, 1.82) is 0 Å². The van der Waals surface area contributed by atoms with Gasteiger partial charge >= 0.3 is 0 Å². The van der Waals surface area contributed by atoms with Crippen molar-refractivity contribution in [3.63, 3.8) is 0 Å². The largest absolute Gasteiger partial charge is 0.348 e. The molecule has 0 saturated heterocycles. The lowest BCUT2D eigenvalue weighted by Gasteiger charge is -2.14. The molecule has 0 aliphatic heterocycles. The molecule has 1 unspecified atom stereocenters. The molecule has 0 bridgehead atoms. The number of hydrogen-bond donors (Lipinski definition) is 1. The monoisotopic (exact) mass is 279 g/mol. The lowest BCUT2D eigenvalue weighted by atomic mass is 10.1. The highest BCUT2D eigenvalue weighted by Crippen LogP contribution is 2.13. The first kappa shape index (κ1) is 13.4. The van der Waals surface area contributed by atoms with E-state index in [1.807, 2.05) is 66.1 Å². The van der Waals surface area contributed by atoms with Gasteiger partial charge in [0.25, 0.3) is 0 Å². The van der Waals surface area contributed by atoms with Crippen LogP contribution >= 0.6 is 0 Å². The third-order valence-electron chi connectivity index (χ3n) is 3.52. The fourth-order valence-corrected chi connectivity index (χ4v) is 2.40. The van der Waals surface area contributed by atoms with Gasteiger partial charge in [0.05, 0.1) is 23.4 Å². The van der Waals surface area contributed by atoms with Crippen LogP contribution in [0.15, 0.2) is 60.9 Å². The molecule has 0 radical (unpaired) electrons. The molecule has 106 valence electrons. The Bertz CT molecular complexity index is 749. The van der Waals surface area contributed by atoms with Crippen LogP contribution in [-0.2, 0) is 11.3 Å². The standard InChI is InChI=1S/C17H17N3O/c1-13(14-7-3-2-4-8-14)19-17(21)11-20-12-18-15-9-5-6-10-16(15)20/h2-10,12-13H,11H2,1H3,(H,19,21). The zero-order chi connectivity index (χ0) is 14.7. The number of carbonyl (C=O) groups excluding carboxylic acids is 1. The summed E-state index contributed by atoms with van der Waals surface area (Å²) in [5, 5.41) is 3.01. The number of nitrogens with one attached hydrogen (secondary N) is 1. The van der Waals surface area contributed by atoms with Gasteiger partial charge < -0.3 is 9.88 Å². The van der Waals surface area contributed by atoms with Gasteiger partial charge in [-0.3, -0.25) is 4.79 Å². The molecule has 2 aromatic carbocycles. The molecular weight excluding hydrogens is 262 g/mol. The zero-order valence-corrected chi connectivity index (χ0v) is 11.9. The number of para-hydroxylation sites is 2. The first-order valence-corrected chi connectivity index (χ1v) is 6.98. The lowest BCUT2D eigenvalue weighted by Crippen LogP contribution is -2.29. The highest BCUT2D eigenvalue weighted by Gasteiger charge is 2.11. The normalized spacial score (nSPS) is 12.2. The fraction of sp³-hybridized carbons (Fsp3) is 0.176. The Morgan fingerprint density at radius 3 is 2.67 bits per heavy atom. The van der Waals surface area contributed by atoms with Gasteiger partial charge in [0, 0.05) is 0 Å². The number of amides is 1. The number of imidazole rings is 1. The van der Waals surface area contributed by atoms with Crippen LogP contribution in [-0.4, -0.2) is 15.5 Å². The summed E-state index contributed by atoms with van der Waals surface area (Å²) in [7, 11) is 0. The molecule has 0 spiro atoms. The molecule has 3 rings (SSSR count). The summed E-state index contributed by atoms with van der Waals surface area (Å²) in [5.41, 5.74) is 2.97. The Kier molecular flexibility index (Phi) is 3.69. The SMILES string of the molecule is CC(NC(=O)Cn1cnc2ccccc21)c1ccccc1. The average Bonchev–Trinajstić information content (AvgIpc) is 2.91. The van der Waals surface area contributed by atoms with Crippen LogP contribution in [0.4, 0.5) is 0 Å². The van der Waals surface area contributed by atoms with Gasteiger partial charge in [-0.1, -0.05) is 42.5 Å². The van der Waals surface area contributed by atoms with Crippen LogP contribution in [0.3, 0.4) is 0 Å². The Morgan fingerprint density at radius 2 is 1.86 bits per heavy atom. The summed E-state index contributed by atoms with van der Waals surface area (Å²) in [6.07, 6.45) is 1.71. The van der Waals surface area contributed by atoms with E-state index < -0.39 is 0 Å². The summed E-state index contributed by atoms with van der Waals surface area (Å²) in [6.45, 7) is 2.26. The van der Waals surface area contributed by atoms with E-state index >= 15 is 0 Å². The first-order valence-electron chi connectivity index (χ1n) is 6.98. The average molecular weight is 279 g/mol. The minimum Gasteiger partial charge on any atom is -0.348 e. The molecule has 0 saturated carbocycles. The van der Waals surface area contributed by atoms with Crippen molar-refractivity contribution in [3.05, 3.63) is 66.5 Å². The van der Waals surface area contributed by atoms with Crippen LogP contribution in [0.2, 0.25) is 0 Å². The Morgan fingerprint density at radius 1 is 1.14 bits per heavy atom. The molecule has 1 atom stereocenters. The third-order valence-corrected chi connectivity index (χ3v) is 3.52. The van der Waals surface area contributed by atoms with Crippen LogP contribution in [0.5, 0.6) is 0 Å². The Hall–Kier alpha value is -2.62. The van der Waals surface area contributed by atoms with Gasteiger partial charge in [0.15, 0.2) is 0 Å². The van der Waals surface area contributed by atoms with Gasteiger partial charge in [-0.05, 0) is 24.6 Å². The van der Waals surface area contributed by atoms with Crippen LogP contribution < -0.4 is 5.32 Å². The number of benzene rings is 2. The summed E-state index contributed by atoms with van der Waals surface area (Å²) in [6, 6.07) is 17.7. The zero-order valence-electron chi connectivity index (χ0n) is 11.9. The number of carbonyl (C=O) groups is 1. The summed E-state index contributed by atoms with van der Waals surface area (Å²) in [4.78, 5) is 16.5. The minimum atomic E-state index is -0.0190. The van der Waals surface area contributed by atoms with Gasteiger partial charge in [-0.25, -0.2) is 4.98 Å². The van der Waals surface area contributed by atoms with Gasteiger partial charge in [-0.15, -0.1) is 0 Å². The maximum absolute atomic E-state index is 12.2. The number of rotatable bonds is 4. The number of fused-ring (bicyclic) bond motifs is 1. The molecule has 0 aliphatic rings. The molecule has 4 heteroatoms. The second kappa shape index (κ2) is 5.79. The second-order valence-corrected chi connectivity index (χ2v) is 5.06. The van der Waals surface area contributed by atoms with E-state index in [0.29, 0.717) is 0 Å². The topological polar surface area (TPSA) is 46.9 Å². The van der Waals surface area contributed by atoms with Crippen LogP contribution in [0.25, 0.3) is 11.0 Å². The quantitative estimate of drug-likeness (QED) is 0.798. The van der Waals surface area contributed by atoms with Crippen molar-refractivity contribution in [2.75, 3.05) is 0 Å². The van der Waals surface area contributed by atoms with E-state index in [1.54, 1.807) is 6.33 Å². The third kappa shape index (κ3) is 2.94. The predicted molar refractivity (Wildman–Crippen MR) is 82.7 cm³/mol. The molecule has 1 amide bonds. The van der Waals surface area contributed by atoms with Gasteiger partial charge in [0.2, 0.25) is 5.91 Å². The van der Waals surface area contributed by atoms with Crippen LogP contribution in [0, 0.1) is 0 Å². The Balaban J connectivity index is 1.69. The summed E-state index contributed by atoms with van der Waals surface area (Å²) >= 11 is 0. The maximum atomic E-state index is 12.2. The Labute approximate surface area is 123 Å². The second-order valence-electron chi connectivity index (χ2n) is 5.06. The number of hydrogen-bond acceptors (Lipinski definition) is 2. The molecule has 0 aliphatic carbocycles. The minimum absolute atomic E-state index is 0.00603. The van der Waals surface area contributed by atoms with Crippen molar-refractivity contribution in [3.8, 4) is 0 Å². The molecule has 3 aromatic rings. The molecule has 1 heterocycles. The smallest absolute Gasteiger partial charge is 0.240 e. The molecule has 1 aromatic heterocycles. The van der Waals surface area contributed by atoms with Gasteiger partial charge in [0.1, 0.15) is 6.54 Å². The van der Waals surface area contributed by atoms with Crippen molar-refractivity contribution < 1.29 is 4.79 Å². The molecule has 1 N–H and O–H groups in total. The van der Waals surface area contributed by atoms with E-state index in [0.717, 1.165) is 16.6 Å². The van der Waals surface area contributed by atoms with Crippen molar-refractivity contribution in [1.82, 2.24) is 14.9 Å². The predicted octanol–water partition coefficient (Wildman–Crippen LogP) is 2.91. The number of aromatic nitrogens is 2. The first-order chi connectivity index (χ1) is 10.2.